The van der Waals surface area contributed by atoms with Crippen molar-refractivity contribution in [3.05, 3.63) is 93.3 Å². The Hall–Kier alpha value is -3.96. The van der Waals surface area contributed by atoms with Gasteiger partial charge in [0.15, 0.2) is 0 Å². The van der Waals surface area contributed by atoms with Gasteiger partial charge in [-0.3, -0.25) is 0 Å². The van der Waals surface area contributed by atoms with Crippen LogP contribution < -0.4 is 24.7 Å². The number of methoxy groups -OCH3 is 2. The van der Waals surface area contributed by atoms with Gasteiger partial charge in [-0.15, -0.1) is 0 Å². The van der Waals surface area contributed by atoms with Gasteiger partial charge in [-0.2, -0.15) is 5.26 Å². The second-order valence-corrected chi connectivity index (χ2v) is 8.02. The molecule has 0 saturated heterocycles. The molecular weight excluding hydrogens is 488 g/mol. The Labute approximate surface area is 199 Å². The van der Waals surface area contributed by atoms with Crippen molar-refractivity contribution >= 4 is 21.9 Å². The summed E-state index contributed by atoms with van der Waals surface area (Å²) in [5.74, 6) is 0.527. The van der Waals surface area contributed by atoms with E-state index in [1.165, 1.54) is 7.11 Å². The second-order valence-electron chi connectivity index (χ2n) is 7.10. The highest BCUT2D eigenvalue weighted by Gasteiger charge is 2.33. The molecule has 3 aromatic carbocycles. The standard InChI is InChI=1S/C25H19BrN2O5/c1-30-20-6-4-3-5-17(20)25(29)32-15-8-9-16-22(12-15)33-24(28)19(13-27)23(16)18-11-14(26)7-10-21(18)31-2/h3-12,23H,28H2,1-2H3. The van der Waals surface area contributed by atoms with E-state index < -0.39 is 11.9 Å². The van der Waals surface area contributed by atoms with E-state index in [0.29, 0.717) is 28.4 Å². The average Bonchev–Trinajstić information content (AvgIpc) is 2.82. The molecule has 0 radical (unpaired) electrons. The van der Waals surface area contributed by atoms with E-state index >= 15 is 0 Å². The van der Waals surface area contributed by atoms with Crippen LogP contribution in [0.3, 0.4) is 0 Å². The number of halogens is 1. The van der Waals surface area contributed by atoms with Crippen LogP contribution in [-0.4, -0.2) is 20.2 Å². The summed E-state index contributed by atoms with van der Waals surface area (Å²) in [5.41, 5.74) is 8.09. The quantitative estimate of drug-likeness (QED) is 0.387. The molecule has 2 N–H and O–H groups in total. The van der Waals surface area contributed by atoms with Crippen LogP contribution in [0, 0.1) is 11.3 Å². The number of benzene rings is 3. The van der Waals surface area contributed by atoms with Crippen LogP contribution in [0.2, 0.25) is 0 Å². The van der Waals surface area contributed by atoms with Gasteiger partial charge in [-0.05, 0) is 36.4 Å². The third kappa shape index (κ3) is 4.23. The zero-order valence-corrected chi connectivity index (χ0v) is 19.4. The number of carbonyl (C=O) groups is 1. The summed E-state index contributed by atoms with van der Waals surface area (Å²) >= 11 is 3.48. The highest BCUT2D eigenvalue weighted by atomic mass is 79.9. The Morgan fingerprint density at radius 2 is 1.79 bits per heavy atom. The molecule has 0 bridgehead atoms. The lowest BCUT2D eigenvalue weighted by Gasteiger charge is -2.27. The summed E-state index contributed by atoms with van der Waals surface area (Å²) < 4.78 is 22.9. The Morgan fingerprint density at radius 3 is 2.52 bits per heavy atom. The highest BCUT2D eigenvalue weighted by molar-refractivity contribution is 9.10. The molecule has 0 aromatic heterocycles. The van der Waals surface area contributed by atoms with Gasteiger partial charge in [0.2, 0.25) is 5.88 Å². The number of esters is 1. The molecule has 4 rings (SSSR count). The van der Waals surface area contributed by atoms with E-state index in [4.69, 9.17) is 24.7 Å². The normalized spacial score (nSPS) is 14.5. The molecule has 8 heteroatoms. The molecule has 3 aromatic rings. The zero-order chi connectivity index (χ0) is 23.5. The van der Waals surface area contributed by atoms with Crippen LogP contribution in [0.15, 0.2) is 76.6 Å². The monoisotopic (exact) mass is 506 g/mol. The van der Waals surface area contributed by atoms with Crippen molar-refractivity contribution in [2.45, 2.75) is 5.92 Å². The van der Waals surface area contributed by atoms with Gasteiger partial charge in [-0.25, -0.2) is 4.79 Å². The molecule has 1 aliphatic heterocycles. The predicted molar refractivity (Wildman–Crippen MR) is 124 cm³/mol. The van der Waals surface area contributed by atoms with Crippen LogP contribution in [0.4, 0.5) is 0 Å². The van der Waals surface area contributed by atoms with Gasteiger partial charge in [0.1, 0.15) is 40.2 Å². The van der Waals surface area contributed by atoms with Gasteiger partial charge in [0, 0.05) is 21.7 Å². The largest absolute Gasteiger partial charge is 0.496 e. The summed E-state index contributed by atoms with van der Waals surface area (Å²) in [6.07, 6.45) is 0. The maximum absolute atomic E-state index is 12.7. The molecule has 1 atom stereocenters. The number of nitriles is 1. The zero-order valence-electron chi connectivity index (χ0n) is 17.8. The van der Waals surface area contributed by atoms with Gasteiger partial charge < -0.3 is 24.7 Å². The molecule has 0 saturated carbocycles. The molecule has 166 valence electrons. The van der Waals surface area contributed by atoms with Crippen LogP contribution >= 0.6 is 15.9 Å². The van der Waals surface area contributed by atoms with Crippen molar-refractivity contribution in [3.63, 3.8) is 0 Å². The Balaban J connectivity index is 1.74. The first-order chi connectivity index (χ1) is 16.0. The lowest BCUT2D eigenvalue weighted by Crippen LogP contribution is -2.21. The topological polar surface area (TPSA) is 104 Å². The minimum Gasteiger partial charge on any atom is -0.496 e. The lowest BCUT2D eigenvalue weighted by molar-refractivity contribution is 0.0731. The first-order valence-corrected chi connectivity index (χ1v) is 10.7. The molecule has 0 fully saturated rings. The summed E-state index contributed by atoms with van der Waals surface area (Å²) in [5, 5.41) is 9.80. The molecule has 7 nitrogen and oxygen atoms in total. The fraction of sp³-hybridized carbons (Fsp3) is 0.120. The number of allylic oxidation sites excluding steroid dienone is 1. The van der Waals surface area contributed by atoms with Crippen molar-refractivity contribution in [2.75, 3.05) is 14.2 Å². The average molecular weight is 507 g/mol. The van der Waals surface area contributed by atoms with Crippen molar-refractivity contribution in [2.24, 2.45) is 5.73 Å². The number of ether oxygens (including phenoxy) is 4. The van der Waals surface area contributed by atoms with E-state index in [9.17, 15) is 10.1 Å². The smallest absolute Gasteiger partial charge is 0.347 e. The molecule has 0 aliphatic carbocycles. The first kappa shape index (κ1) is 22.2. The number of carbonyl (C=O) groups excluding carboxylic acids is 1. The van der Waals surface area contributed by atoms with Gasteiger partial charge >= 0.3 is 5.97 Å². The Morgan fingerprint density at radius 1 is 1.03 bits per heavy atom. The summed E-state index contributed by atoms with van der Waals surface area (Å²) in [6, 6.07) is 19.4. The van der Waals surface area contributed by atoms with Crippen molar-refractivity contribution in [3.8, 4) is 29.1 Å². The third-order valence-corrected chi connectivity index (χ3v) is 5.72. The number of nitrogens with two attached hydrogens (primary N) is 1. The van der Waals surface area contributed by atoms with Crippen LogP contribution in [0.25, 0.3) is 0 Å². The number of para-hydroxylation sites is 1. The number of hydrogen-bond donors (Lipinski definition) is 1. The molecule has 0 spiro atoms. The third-order valence-electron chi connectivity index (χ3n) is 5.23. The number of hydrogen-bond acceptors (Lipinski definition) is 7. The van der Waals surface area contributed by atoms with E-state index in [2.05, 4.69) is 22.0 Å². The molecule has 1 heterocycles. The van der Waals surface area contributed by atoms with Gasteiger partial charge in [0.05, 0.1) is 20.1 Å². The molecule has 0 amide bonds. The number of nitrogens with zero attached hydrogens (tertiary/aromatic N) is 1. The summed E-state index contributed by atoms with van der Waals surface area (Å²) in [7, 11) is 3.05. The first-order valence-electron chi connectivity index (χ1n) is 9.87. The minimum absolute atomic E-state index is 0.0229. The van der Waals surface area contributed by atoms with Crippen molar-refractivity contribution in [1.82, 2.24) is 0 Å². The Bertz CT molecular complexity index is 1310. The van der Waals surface area contributed by atoms with E-state index in [1.54, 1.807) is 49.6 Å². The van der Waals surface area contributed by atoms with E-state index in [1.807, 2.05) is 18.2 Å². The van der Waals surface area contributed by atoms with E-state index in [0.717, 1.165) is 10.0 Å². The molecule has 33 heavy (non-hydrogen) atoms. The van der Waals surface area contributed by atoms with Gasteiger partial charge in [0.25, 0.3) is 0 Å². The van der Waals surface area contributed by atoms with Crippen molar-refractivity contribution in [1.29, 1.82) is 5.26 Å². The molecule has 1 unspecified atom stereocenters. The van der Waals surface area contributed by atoms with Gasteiger partial charge in [-0.1, -0.05) is 34.1 Å². The highest BCUT2D eigenvalue weighted by Crippen LogP contribution is 2.46. The fourth-order valence-corrected chi connectivity index (χ4v) is 4.10. The summed E-state index contributed by atoms with van der Waals surface area (Å²) in [4.78, 5) is 12.7. The van der Waals surface area contributed by atoms with E-state index in [-0.39, 0.29) is 17.2 Å². The fourth-order valence-electron chi connectivity index (χ4n) is 3.73. The number of rotatable bonds is 5. The SMILES string of the molecule is COc1ccccc1C(=O)Oc1ccc2c(c1)OC(N)=C(C#N)C2c1cc(Br)ccc1OC. The molecule has 1 aliphatic rings. The van der Waals surface area contributed by atoms with Crippen LogP contribution in [-0.2, 0) is 0 Å². The predicted octanol–water partition coefficient (Wildman–Crippen LogP) is 4.90. The summed E-state index contributed by atoms with van der Waals surface area (Å²) in [6.45, 7) is 0. The Kier molecular flexibility index (Phi) is 6.24. The maximum atomic E-state index is 12.7. The molecular formula is C25H19BrN2O5. The number of fused-ring (bicyclic) bond motifs is 1. The van der Waals surface area contributed by atoms with Crippen molar-refractivity contribution < 1.29 is 23.7 Å². The second kappa shape index (κ2) is 9.27. The van der Waals surface area contributed by atoms with Crippen LogP contribution in [0.1, 0.15) is 27.4 Å². The van der Waals surface area contributed by atoms with Crippen LogP contribution in [0.5, 0.6) is 23.0 Å². The lowest BCUT2D eigenvalue weighted by atomic mass is 9.83. The maximum Gasteiger partial charge on any atom is 0.347 e. The minimum atomic E-state index is -0.574.